The molecule has 4 rings (SSSR count). The Labute approximate surface area is 141 Å². The van der Waals surface area contributed by atoms with Crippen LogP contribution in [0.4, 0.5) is 5.69 Å². The zero-order valence-electron chi connectivity index (χ0n) is 13.0. The molecule has 0 radical (unpaired) electrons. The molecule has 7 heteroatoms. The van der Waals surface area contributed by atoms with Crippen molar-refractivity contribution in [2.45, 2.75) is 0 Å². The Bertz CT molecular complexity index is 1110. The molecule has 0 aliphatic carbocycles. The second kappa shape index (κ2) is 6.04. The van der Waals surface area contributed by atoms with E-state index in [0.29, 0.717) is 11.4 Å². The fraction of sp³-hybridized carbons (Fsp3) is 0. The monoisotopic (exact) mass is 331 g/mol. The predicted octanol–water partition coefficient (Wildman–Crippen LogP) is 2.36. The van der Waals surface area contributed by atoms with Crippen molar-refractivity contribution in [1.29, 1.82) is 0 Å². The molecule has 0 unspecified atom stereocenters. The lowest BCUT2D eigenvalue weighted by Crippen LogP contribution is -2.24. The van der Waals surface area contributed by atoms with Crippen molar-refractivity contribution in [1.82, 2.24) is 20.0 Å². The summed E-state index contributed by atoms with van der Waals surface area (Å²) in [7, 11) is 0. The third-order valence-electron chi connectivity index (χ3n) is 3.76. The Morgan fingerprint density at radius 3 is 2.68 bits per heavy atom. The quantitative estimate of drug-likeness (QED) is 0.603. The van der Waals surface area contributed by atoms with E-state index in [2.05, 4.69) is 20.6 Å². The average molecular weight is 331 g/mol. The Balaban J connectivity index is 1.69. The lowest BCUT2D eigenvalue weighted by atomic mass is 10.2. The number of carbonyl (C=O) groups is 1. The van der Waals surface area contributed by atoms with E-state index in [0.717, 1.165) is 10.9 Å². The molecule has 0 aliphatic rings. The van der Waals surface area contributed by atoms with Crippen molar-refractivity contribution in [3.8, 4) is 5.69 Å². The van der Waals surface area contributed by atoms with Crippen molar-refractivity contribution in [3.05, 3.63) is 82.9 Å². The highest BCUT2D eigenvalue weighted by Gasteiger charge is 2.13. The molecule has 2 aromatic carbocycles. The Hall–Kier alpha value is -3.74. The number of para-hydroxylation sites is 2. The van der Waals surface area contributed by atoms with E-state index >= 15 is 0 Å². The number of aromatic nitrogens is 4. The average Bonchev–Trinajstić information content (AvgIpc) is 3.12. The van der Waals surface area contributed by atoms with Crippen LogP contribution in [0.5, 0.6) is 0 Å². The van der Waals surface area contributed by atoms with Crippen LogP contribution in [0, 0.1) is 0 Å². The number of H-pyrrole nitrogens is 1. The molecule has 2 aromatic heterocycles. The first-order valence-corrected chi connectivity index (χ1v) is 7.61. The number of hydrogen-bond acceptors (Lipinski definition) is 4. The molecule has 0 fully saturated rings. The van der Waals surface area contributed by atoms with Crippen molar-refractivity contribution in [2.75, 3.05) is 5.32 Å². The van der Waals surface area contributed by atoms with Gasteiger partial charge in [0.25, 0.3) is 11.5 Å². The minimum absolute atomic E-state index is 0.139. The maximum atomic E-state index is 12.6. The zero-order chi connectivity index (χ0) is 17.2. The number of fused-ring (bicyclic) bond motifs is 1. The zero-order valence-corrected chi connectivity index (χ0v) is 13.0. The fourth-order valence-electron chi connectivity index (χ4n) is 2.55. The van der Waals surface area contributed by atoms with Crippen molar-refractivity contribution in [2.24, 2.45) is 0 Å². The van der Waals surface area contributed by atoms with Crippen LogP contribution in [-0.2, 0) is 0 Å². The third kappa shape index (κ3) is 2.78. The van der Waals surface area contributed by atoms with Crippen molar-refractivity contribution < 1.29 is 4.79 Å². The van der Waals surface area contributed by atoms with E-state index in [1.165, 1.54) is 16.8 Å². The van der Waals surface area contributed by atoms with E-state index in [-0.39, 0.29) is 11.3 Å². The molecule has 0 bridgehead atoms. The molecule has 0 aliphatic heterocycles. The number of anilines is 1. The number of aromatic amines is 1. The fourth-order valence-corrected chi connectivity index (χ4v) is 2.55. The van der Waals surface area contributed by atoms with E-state index in [1.54, 1.807) is 36.5 Å². The molecule has 1 amide bonds. The molecule has 7 nitrogen and oxygen atoms in total. The summed E-state index contributed by atoms with van der Waals surface area (Å²) in [6.45, 7) is 0. The molecular formula is C18H13N5O2. The number of nitrogens with zero attached hydrogens (tertiary/aromatic N) is 3. The Morgan fingerprint density at radius 1 is 1.00 bits per heavy atom. The lowest BCUT2D eigenvalue weighted by molar-refractivity contribution is 0.102. The number of hydrogen-bond donors (Lipinski definition) is 2. The highest BCUT2D eigenvalue weighted by atomic mass is 16.2. The smallest absolute Gasteiger partial charge is 0.276 e. The normalized spacial score (nSPS) is 10.7. The number of rotatable bonds is 3. The summed E-state index contributed by atoms with van der Waals surface area (Å²) in [4.78, 5) is 24.6. The summed E-state index contributed by atoms with van der Waals surface area (Å²) < 4.78 is 1.20. The van der Waals surface area contributed by atoms with Gasteiger partial charge in [-0.3, -0.25) is 14.7 Å². The van der Waals surface area contributed by atoms with E-state index in [9.17, 15) is 9.59 Å². The highest BCUT2D eigenvalue weighted by molar-refractivity contribution is 6.07. The summed E-state index contributed by atoms with van der Waals surface area (Å²) in [5.74, 6) is -0.410. The van der Waals surface area contributed by atoms with Gasteiger partial charge in [0.15, 0.2) is 0 Å². The van der Waals surface area contributed by atoms with Gasteiger partial charge in [-0.2, -0.15) is 14.9 Å². The summed E-state index contributed by atoms with van der Waals surface area (Å²) in [5.41, 5.74) is 1.75. The molecule has 4 aromatic rings. The van der Waals surface area contributed by atoms with Gasteiger partial charge in [-0.25, -0.2) is 0 Å². The van der Waals surface area contributed by atoms with Crippen LogP contribution in [0.3, 0.4) is 0 Å². The van der Waals surface area contributed by atoms with Crippen LogP contribution >= 0.6 is 0 Å². The molecule has 0 saturated carbocycles. The minimum Gasteiger partial charge on any atom is -0.319 e. The molecular weight excluding hydrogens is 318 g/mol. The van der Waals surface area contributed by atoms with Gasteiger partial charge in [0.2, 0.25) is 0 Å². The maximum Gasteiger partial charge on any atom is 0.276 e. The van der Waals surface area contributed by atoms with Crippen LogP contribution < -0.4 is 10.9 Å². The van der Waals surface area contributed by atoms with Gasteiger partial charge in [0.1, 0.15) is 5.69 Å². The van der Waals surface area contributed by atoms with Crippen LogP contribution in [0.2, 0.25) is 0 Å². The van der Waals surface area contributed by atoms with Gasteiger partial charge >= 0.3 is 0 Å². The summed E-state index contributed by atoms with van der Waals surface area (Å²) >= 11 is 0. The second-order valence-corrected chi connectivity index (χ2v) is 5.40. The Kier molecular flexibility index (Phi) is 3.59. The molecule has 0 atom stereocenters. The van der Waals surface area contributed by atoms with Crippen LogP contribution in [0.15, 0.2) is 71.7 Å². The summed E-state index contributed by atoms with van der Waals surface area (Å²) in [6, 6.07) is 17.2. The molecule has 25 heavy (non-hydrogen) atoms. The van der Waals surface area contributed by atoms with Gasteiger partial charge in [-0.05, 0) is 24.3 Å². The van der Waals surface area contributed by atoms with Gasteiger partial charge < -0.3 is 5.32 Å². The summed E-state index contributed by atoms with van der Waals surface area (Å²) in [5, 5.41) is 14.7. The predicted molar refractivity (Wildman–Crippen MR) is 93.9 cm³/mol. The van der Waals surface area contributed by atoms with Gasteiger partial charge in [0.05, 0.1) is 23.1 Å². The number of nitrogens with one attached hydrogen (secondary N) is 2. The number of benzene rings is 2. The van der Waals surface area contributed by atoms with E-state index in [4.69, 9.17) is 0 Å². The van der Waals surface area contributed by atoms with Crippen molar-refractivity contribution in [3.63, 3.8) is 0 Å². The number of amides is 1. The van der Waals surface area contributed by atoms with Gasteiger partial charge in [-0.1, -0.05) is 30.3 Å². The van der Waals surface area contributed by atoms with Gasteiger partial charge in [-0.15, -0.1) is 0 Å². The first-order valence-electron chi connectivity index (χ1n) is 7.61. The first kappa shape index (κ1) is 14.8. The first-order chi connectivity index (χ1) is 12.2. The molecule has 122 valence electrons. The van der Waals surface area contributed by atoms with E-state index in [1.807, 2.05) is 18.2 Å². The minimum atomic E-state index is -0.410. The topological polar surface area (TPSA) is 92.7 Å². The highest BCUT2D eigenvalue weighted by Crippen LogP contribution is 2.20. The standard InChI is InChI=1S/C18H13N5O2/c24-16-10-9-15(22-23(16)13-6-2-1-3-7-13)18(25)20-14-8-4-5-12-11-19-21-17(12)14/h1-11H,(H,19,21)(H,20,25). The SMILES string of the molecule is O=C(Nc1cccc2cn[nH]c12)c1ccc(=O)n(-c2ccccc2)n1. The van der Waals surface area contributed by atoms with Gasteiger partial charge in [0, 0.05) is 11.5 Å². The number of carbonyl (C=O) groups excluding carboxylic acids is 1. The largest absolute Gasteiger partial charge is 0.319 e. The molecule has 2 heterocycles. The molecule has 0 spiro atoms. The third-order valence-corrected chi connectivity index (χ3v) is 3.76. The van der Waals surface area contributed by atoms with Crippen molar-refractivity contribution >= 4 is 22.5 Å². The van der Waals surface area contributed by atoms with E-state index < -0.39 is 5.91 Å². The van der Waals surface area contributed by atoms with Crippen LogP contribution in [0.25, 0.3) is 16.6 Å². The van der Waals surface area contributed by atoms with Crippen LogP contribution in [-0.4, -0.2) is 25.9 Å². The van der Waals surface area contributed by atoms with Crippen LogP contribution in [0.1, 0.15) is 10.5 Å². The Morgan fingerprint density at radius 2 is 1.84 bits per heavy atom. The molecule has 0 saturated heterocycles. The maximum absolute atomic E-state index is 12.6. The summed E-state index contributed by atoms with van der Waals surface area (Å²) in [6.07, 6.45) is 1.68. The second-order valence-electron chi connectivity index (χ2n) is 5.40. The molecule has 2 N–H and O–H groups in total. The lowest BCUT2D eigenvalue weighted by Gasteiger charge is -2.08.